The standard InChI is InChI=1S/C10H18O2/c1-6-10(3,4)8(2)7-9(11)12-5/h6,8H,1,7H2,2-5H3. The molecule has 0 amide bonds. The maximum atomic E-state index is 10.9. The number of esters is 1. The molecule has 2 heteroatoms. The molecule has 0 N–H and O–H groups in total. The van der Waals surface area contributed by atoms with Gasteiger partial charge in [-0.05, 0) is 11.3 Å². The summed E-state index contributed by atoms with van der Waals surface area (Å²) >= 11 is 0. The Balaban J connectivity index is 4.11. The predicted molar refractivity (Wildman–Crippen MR) is 49.8 cm³/mol. The summed E-state index contributed by atoms with van der Waals surface area (Å²) in [5, 5.41) is 0. The Labute approximate surface area is 74.6 Å². The maximum absolute atomic E-state index is 10.9. The highest BCUT2D eigenvalue weighted by atomic mass is 16.5. The van der Waals surface area contributed by atoms with E-state index in [0.29, 0.717) is 6.42 Å². The minimum Gasteiger partial charge on any atom is -0.469 e. The van der Waals surface area contributed by atoms with E-state index in [1.54, 1.807) is 0 Å². The number of carbonyl (C=O) groups excluding carboxylic acids is 1. The van der Waals surface area contributed by atoms with Gasteiger partial charge in [-0.15, -0.1) is 6.58 Å². The molecule has 1 unspecified atom stereocenters. The monoisotopic (exact) mass is 170 g/mol. The van der Waals surface area contributed by atoms with Crippen molar-refractivity contribution in [3.05, 3.63) is 12.7 Å². The zero-order valence-electron chi connectivity index (χ0n) is 8.39. The number of carbonyl (C=O) groups is 1. The lowest BCUT2D eigenvalue weighted by Gasteiger charge is -2.27. The number of methoxy groups -OCH3 is 1. The highest BCUT2D eigenvalue weighted by Gasteiger charge is 2.24. The Morgan fingerprint density at radius 1 is 1.67 bits per heavy atom. The van der Waals surface area contributed by atoms with Crippen LogP contribution in [0, 0.1) is 11.3 Å². The summed E-state index contributed by atoms with van der Waals surface area (Å²) in [5.41, 5.74) is -0.00576. The molecule has 0 aromatic carbocycles. The summed E-state index contributed by atoms with van der Waals surface area (Å²) in [6.45, 7) is 9.89. The molecule has 0 bridgehead atoms. The van der Waals surface area contributed by atoms with E-state index in [0.717, 1.165) is 0 Å². The van der Waals surface area contributed by atoms with Crippen molar-refractivity contribution in [2.45, 2.75) is 27.2 Å². The fourth-order valence-corrected chi connectivity index (χ4v) is 0.798. The van der Waals surface area contributed by atoms with Gasteiger partial charge in [0.25, 0.3) is 0 Å². The topological polar surface area (TPSA) is 26.3 Å². The number of allylic oxidation sites excluding steroid dienone is 1. The van der Waals surface area contributed by atoms with Crippen molar-refractivity contribution in [2.75, 3.05) is 7.11 Å². The van der Waals surface area contributed by atoms with Crippen LogP contribution in [0.15, 0.2) is 12.7 Å². The van der Waals surface area contributed by atoms with Crippen molar-refractivity contribution in [1.29, 1.82) is 0 Å². The summed E-state index contributed by atoms with van der Waals surface area (Å²) in [4.78, 5) is 10.9. The van der Waals surface area contributed by atoms with E-state index in [9.17, 15) is 4.79 Å². The average molecular weight is 170 g/mol. The van der Waals surface area contributed by atoms with E-state index < -0.39 is 0 Å². The van der Waals surface area contributed by atoms with Crippen LogP contribution in [0.1, 0.15) is 27.2 Å². The second kappa shape index (κ2) is 4.29. The fraction of sp³-hybridized carbons (Fsp3) is 0.700. The Hall–Kier alpha value is -0.790. The van der Waals surface area contributed by atoms with Gasteiger partial charge in [0.1, 0.15) is 0 Å². The van der Waals surface area contributed by atoms with Crippen molar-refractivity contribution >= 4 is 5.97 Å². The molecular formula is C10H18O2. The van der Waals surface area contributed by atoms with Gasteiger partial charge < -0.3 is 4.74 Å². The Morgan fingerprint density at radius 3 is 2.50 bits per heavy atom. The number of rotatable bonds is 4. The molecule has 0 aliphatic carbocycles. The molecule has 12 heavy (non-hydrogen) atoms. The minimum absolute atomic E-state index is 0.00576. The Bertz CT molecular complexity index is 171. The van der Waals surface area contributed by atoms with Crippen LogP contribution in [-0.2, 0) is 9.53 Å². The van der Waals surface area contributed by atoms with Gasteiger partial charge in [-0.25, -0.2) is 0 Å². The summed E-state index contributed by atoms with van der Waals surface area (Å²) in [7, 11) is 1.41. The maximum Gasteiger partial charge on any atom is 0.305 e. The van der Waals surface area contributed by atoms with E-state index in [4.69, 9.17) is 0 Å². The molecule has 0 aromatic heterocycles. The normalized spacial score (nSPS) is 13.7. The lowest BCUT2D eigenvalue weighted by molar-refractivity contribution is -0.142. The summed E-state index contributed by atoms with van der Waals surface area (Å²) in [6, 6.07) is 0. The molecule has 0 saturated carbocycles. The zero-order chi connectivity index (χ0) is 9.78. The van der Waals surface area contributed by atoms with Crippen molar-refractivity contribution in [3.8, 4) is 0 Å². The van der Waals surface area contributed by atoms with Gasteiger partial charge >= 0.3 is 5.97 Å². The summed E-state index contributed by atoms with van der Waals surface area (Å²) in [5.74, 6) is 0.111. The molecule has 2 nitrogen and oxygen atoms in total. The Kier molecular flexibility index (Phi) is 4.01. The van der Waals surface area contributed by atoms with Crippen LogP contribution in [0.4, 0.5) is 0 Å². The van der Waals surface area contributed by atoms with Crippen LogP contribution in [0.5, 0.6) is 0 Å². The molecule has 0 radical (unpaired) electrons. The number of hydrogen-bond acceptors (Lipinski definition) is 2. The zero-order valence-corrected chi connectivity index (χ0v) is 8.39. The van der Waals surface area contributed by atoms with Gasteiger partial charge in [0, 0.05) is 6.42 Å². The van der Waals surface area contributed by atoms with E-state index in [-0.39, 0.29) is 17.3 Å². The van der Waals surface area contributed by atoms with Crippen molar-refractivity contribution < 1.29 is 9.53 Å². The van der Waals surface area contributed by atoms with Crippen LogP contribution >= 0.6 is 0 Å². The highest BCUT2D eigenvalue weighted by Crippen LogP contribution is 2.30. The van der Waals surface area contributed by atoms with E-state index in [2.05, 4.69) is 25.2 Å². The second-order valence-electron chi connectivity index (χ2n) is 3.71. The van der Waals surface area contributed by atoms with Gasteiger partial charge in [-0.2, -0.15) is 0 Å². The van der Waals surface area contributed by atoms with E-state index in [1.807, 2.05) is 13.0 Å². The fourth-order valence-electron chi connectivity index (χ4n) is 0.798. The van der Waals surface area contributed by atoms with Crippen molar-refractivity contribution in [3.63, 3.8) is 0 Å². The summed E-state index contributed by atoms with van der Waals surface area (Å²) < 4.78 is 4.59. The Morgan fingerprint density at radius 2 is 2.17 bits per heavy atom. The third-order valence-corrected chi connectivity index (χ3v) is 2.50. The predicted octanol–water partition coefficient (Wildman–Crippen LogP) is 2.40. The highest BCUT2D eigenvalue weighted by molar-refractivity contribution is 5.69. The average Bonchev–Trinajstić information content (AvgIpc) is 2.04. The third-order valence-electron chi connectivity index (χ3n) is 2.50. The molecular weight excluding hydrogens is 152 g/mol. The van der Waals surface area contributed by atoms with Gasteiger partial charge in [0.05, 0.1) is 7.11 Å². The first-order valence-electron chi connectivity index (χ1n) is 4.14. The van der Waals surface area contributed by atoms with Gasteiger partial charge in [0.15, 0.2) is 0 Å². The number of hydrogen-bond donors (Lipinski definition) is 0. The van der Waals surface area contributed by atoms with Gasteiger partial charge in [0.2, 0.25) is 0 Å². The molecule has 0 aliphatic rings. The van der Waals surface area contributed by atoms with Gasteiger partial charge in [-0.3, -0.25) is 4.79 Å². The first-order valence-corrected chi connectivity index (χ1v) is 4.14. The first-order chi connectivity index (χ1) is 5.44. The summed E-state index contributed by atoms with van der Waals surface area (Å²) in [6.07, 6.45) is 2.33. The second-order valence-corrected chi connectivity index (χ2v) is 3.71. The molecule has 70 valence electrons. The van der Waals surface area contributed by atoms with Crippen molar-refractivity contribution in [1.82, 2.24) is 0 Å². The molecule has 0 saturated heterocycles. The van der Waals surface area contributed by atoms with Crippen LogP contribution in [0.3, 0.4) is 0 Å². The first kappa shape index (κ1) is 11.2. The lowest BCUT2D eigenvalue weighted by Crippen LogP contribution is -2.22. The minimum atomic E-state index is -0.155. The van der Waals surface area contributed by atoms with Crippen LogP contribution < -0.4 is 0 Å². The van der Waals surface area contributed by atoms with E-state index in [1.165, 1.54) is 7.11 Å². The van der Waals surface area contributed by atoms with Crippen LogP contribution in [-0.4, -0.2) is 13.1 Å². The molecule has 0 heterocycles. The molecule has 0 aliphatic heterocycles. The third kappa shape index (κ3) is 3.07. The number of ether oxygens (including phenoxy) is 1. The lowest BCUT2D eigenvalue weighted by atomic mass is 9.78. The SMILES string of the molecule is C=CC(C)(C)C(C)CC(=O)OC. The van der Waals surface area contributed by atoms with Gasteiger partial charge in [-0.1, -0.05) is 26.8 Å². The van der Waals surface area contributed by atoms with Crippen molar-refractivity contribution in [2.24, 2.45) is 11.3 Å². The molecule has 0 spiro atoms. The van der Waals surface area contributed by atoms with E-state index >= 15 is 0 Å². The molecule has 0 rings (SSSR count). The molecule has 1 atom stereocenters. The van der Waals surface area contributed by atoms with Crippen LogP contribution in [0.2, 0.25) is 0 Å². The largest absolute Gasteiger partial charge is 0.469 e. The molecule has 0 aromatic rings. The smallest absolute Gasteiger partial charge is 0.305 e. The van der Waals surface area contributed by atoms with Crippen LogP contribution in [0.25, 0.3) is 0 Å². The quantitative estimate of drug-likeness (QED) is 0.478. The molecule has 0 fully saturated rings.